The van der Waals surface area contributed by atoms with Gasteiger partial charge in [-0.25, -0.2) is 22.8 Å². The first-order chi connectivity index (χ1) is 16.4. The number of aromatic hydroxyl groups is 1. The van der Waals surface area contributed by atoms with Gasteiger partial charge < -0.3 is 5.11 Å². The summed E-state index contributed by atoms with van der Waals surface area (Å²) < 4.78 is 67.4. The smallest absolute Gasteiger partial charge is 0.446 e. The van der Waals surface area contributed by atoms with E-state index in [1.165, 1.54) is 54.1 Å². The largest absolute Gasteiger partial charge is 0.493 e. The number of sulfonamides is 1. The molecule has 3 aromatic heterocycles. The van der Waals surface area contributed by atoms with Crippen LogP contribution in [0, 0.1) is 6.92 Å². The molecule has 0 aliphatic carbocycles. The zero-order chi connectivity index (χ0) is 25.4. The predicted octanol–water partition coefficient (Wildman–Crippen LogP) is 4.57. The highest BCUT2D eigenvalue weighted by Gasteiger charge is 2.29. The van der Waals surface area contributed by atoms with Gasteiger partial charge in [0.15, 0.2) is 0 Å². The molecule has 0 saturated heterocycles. The van der Waals surface area contributed by atoms with Crippen molar-refractivity contribution in [1.29, 1.82) is 0 Å². The maximum absolute atomic E-state index is 13.1. The number of rotatable bonds is 7. The SMILES string of the molecule is Cc1c(O)n(-c2ccc(SC(F)(F)F)cc2)c(=O)n1Cc1ccnc(NS(=O)(=O)c2cccs2)c1. The molecule has 0 atom stereocenters. The highest BCUT2D eigenvalue weighted by atomic mass is 32.2. The number of nitrogens with zero attached hydrogens (tertiary/aromatic N) is 3. The molecule has 0 aliphatic heterocycles. The summed E-state index contributed by atoms with van der Waals surface area (Å²) in [5.74, 6) is -0.304. The molecular weight excluding hydrogens is 525 g/mol. The molecule has 1 aromatic carbocycles. The van der Waals surface area contributed by atoms with Gasteiger partial charge in [-0.3, -0.25) is 9.29 Å². The Balaban J connectivity index is 1.60. The molecule has 4 aromatic rings. The van der Waals surface area contributed by atoms with E-state index >= 15 is 0 Å². The number of benzene rings is 1. The van der Waals surface area contributed by atoms with E-state index in [4.69, 9.17) is 0 Å². The van der Waals surface area contributed by atoms with Gasteiger partial charge in [0, 0.05) is 11.1 Å². The molecule has 0 amide bonds. The van der Waals surface area contributed by atoms with Gasteiger partial charge in [0.1, 0.15) is 10.0 Å². The Morgan fingerprint density at radius 3 is 2.51 bits per heavy atom. The molecule has 8 nitrogen and oxygen atoms in total. The van der Waals surface area contributed by atoms with E-state index in [1.807, 2.05) is 0 Å². The quantitative estimate of drug-likeness (QED) is 0.332. The van der Waals surface area contributed by atoms with Crippen molar-refractivity contribution in [2.45, 2.75) is 28.1 Å². The molecule has 2 N–H and O–H groups in total. The summed E-state index contributed by atoms with van der Waals surface area (Å²) in [6.07, 6.45) is 1.38. The number of anilines is 1. The van der Waals surface area contributed by atoms with E-state index in [2.05, 4.69) is 9.71 Å². The number of halogens is 3. The third kappa shape index (κ3) is 5.55. The fourth-order valence-corrected chi connectivity index (χ4v) is 5.80. The van der Waals surface area contributed by atoms with E-state index in [1.54, 1.807) is 17.5 Å². The zero-order valence-corrected chi connectivity index (χ0v) is 20.3. The second-order valence-electron chi connectivity index (χ2n) is 7.24. The van der Waals surface area contributed by atoms with Crippen LogP contribution in [0.2, 0.25) is 0 Å². The lowest BCUT2D eigenvalue weighted by Crippen LogP contribution is -2.24. The van der Waals surface area contributed by atoms with Crippen molar-refractivity contribution in [3.05, 3.63) is 81.8 Å². The average molecular weight is 543 g/mol. The van der Waals surface area contributed by atoms with Gasteiger partial charge in [0.25, 0.3) is 10.0 Å². The Morgan fingerprint density at radius 2 is 1.89 bits per heavy atom. The molecule has 3 heterocycles. The molecule has 0 spiro atoms. The molecule has 0 aliphatic rings. The number of hydrogen-bond acceptors (Lipinski definition) is 7. The summed E-state index contributed by atoms with van der Waals surface area (Å²) >= 11 is 0.773. The van der Waals surface area contributed by atoms with Crippen molar-refractivity contribution >= 4 is 38.9 Å². The first-order valence-electron chi connectivity index (χ1n) is 9.83. The molecule has 0 fully saturated rings. The number of nitrogens with one attached hydrogen (secondary N) is 1. The van der Waals surface area contributed by atoms with Crippen molar-refractivity contribution < 1.29 is 26.7 Å². The third-order valence-electron chi connectivity index (χ3n) is 4.85. The summed E-state index contributed by atoms with van der Waals surface area (Å²) in [4.78, 5) is 17.0. The molecule has 4 rings (SSSR count). The summed E-state index contributed by atoms with van der Waals surface area (Å²) in [5, 5.41) is 12.2. The lowest BCUT2D eigenvalue weighted by molar-refractivity contribution is -0.0328. The van der Waals surface area contributed by atoms with Crippen LogP contribution >= 0.6 is 23.1 Å². The number of imidazole rings is 1. The molecule has 0 saturated carbocycles. The highest BCUT2D eigenvalue weighted by Crippen LogP contribution is 2.37. The fourth-order valence-electron chi connectivity index (χ4n) is 3.27. The number of hydrogen-bond donors (Lipinski definition) is 2. The topological polar surface area (TPSA) is 106 Å². The molecule has 184 valence electrons. The van der Waals surface area contributed by atoms with Gasteiger partial charge in [-0.15, -0.1) is 11.3 Å². The normalized spacial score (nSPS) is 12.1. The van der Waals surface area contributed by atoms with Crippen LogP contribution < -0.4 is 10.4 Å². The Bertz CT molecular complexity index is 1510. The van der Waals surface area contributed by atoms with Crippen molar-refractivity contribution in [2.75, 3.05) is 4.72 Å². The monoisotopic (exact) mass is 542 g/mol. The maximum atomic E-state index is 13.1. The minimum atomic E-state index is -4.44. The first-order valence-corrected chi connectivity index (χ1v) is 13.0. The van der Waals surface area contributed by atoms with Gasteiger partial charge in [-0.1, -0.05) is 6.07 Å². The van der Waals surface area contributed by atoms with Gasteiger partial charge in [-0.2, -0.15) is 13.2 Å². The van der Waals surface area contributed by atoms with Crippen molar-refractivity contribution in [3.63, 3.8) is 0 Å². The Kier molecular flexibility index (Phi) is 6.71. The fraction of sp³-hybridized carbons (Fsp3) is 0.143. The number of thiophene rings is 1. The zero-order valence-electron chi connectivity index (χ0n) is 17.9. The van der Waals surface area contributed by atoms with E-state index in [9.17, 15) is 31.5 Å². The second-order valence-corrected chi connectivity index (χ2v) is 11.2. The van der Waals surface area contributed by atoms with Crippen molar-refractivity contribution in [3.8, 4) is 11.6 Å². The maximum Gasteiger partial charge on any atom is 0.446 e. The van der Waals surface area contributed by atoms with E-state index < -0.39 is 21.2 Å². The van der Waals surface area contributed by atoms with Crippen LogP contribution in [0.15, 0.2) is 74.0 Å². The Morgan fingerprint density at radius 1 is 1.17 bits per heavy atom. The van der Waals surface area contributed by atoms with E-state index in [0.29, 0.717) is 5.56 Å². The summed E-state index contributed by atoms with van der Waals surface area (Å²) in [5.41, 5.74) is -4.11. The van der Waals surface area contributed by atoms with Gasteiger partial charge in [0.2, 0.25) is 5.88 Å². The summed E-state index contributed by atoms with van der Waals surface area (Å²) in [6, 6.07) is 11.2. The highest BCUT2D eigenvalue weighted by molar-refractivity contribution is 8.00. The van der Waals surface area contributed by atoms with Crippen molar-refractivity contribution in [1.82, 2.24) is 14.1 Å². The minimum absolute atomic E-state index is 0.0104. The van der Waals surface area contributed by atoms with E-state index in [-0.39, 0.29) is 50.5 Å². The number of aromatic nitrogens is 3. The minimum Gasteiger partial charge on any atom is -0.493 e. The average Bonchev–Trinajstić information content (AvgIpc) is 3.39. The predicted molar refractivity (Wildman–Crippen MR) is 127 cm³/mol. The first kappa shape index (κ1) is 24.9. The number of pyridine rings is 1. The number of alkyl halides is 3. The van der Waals surface area contributed by atoms with E-state index in [0.717, 1.165) is 15.9 Å². The van der Waals surface area contributed by atoms with Crippen LogP contribution in [0.1, 0.15) is 11.3 Å². The molecule has 0 unspecified atom stereocenters. The lowest BCUT2D eigenvalue weighted by Gasteiger charge is -2.08. The summed E-state index contributed by atoms with van der Waals surface area (Å²) in [6.45, 7) is 1.51. The molecule has 0 bridgehead atoms. The van der Waals surface area contributed by atoms with Crippen LogP contribution in [0.4, 0.5) is 19.0 Å². The third-order valence-corrected chi connectivity index (χ3v) is 8.35. The van der Waals surface area contributed by atoms with Crippen LogP contribution in [0.3, 0.4) is 0 Å². The molecule has 0 radical (unpaired) electrons. The van der Waals surface area contributed by atoms with Crippen LogP contribution in [-0.2, 0) is 16.6 Å². The number of thioether (sulfide) groups is 1. The van der Waals surface area contributed by atoms with Crippen LogP contribution in [0.25, 0.3) is 5.69 Å². The molecule has 14 heteroatoms. The van der Waals surface area contributed by atoms with Crippen molar-refractivity contribution in [2.24, 2.45) is 0 Å². The van der Waals surface area contributed by atoms with Gasteiger partial charge in [0.05, 0.1) is 17.9 Å². The summed E-state index contributed by atoms with van der Waals surface area (Å²) in [7, 11) is -3.81. The van der Waals surface area contributed by atoms with Crippen LogP contribution in [0.5, 0.6) is 5.88 Å². The standard InChI is InChI=1S/C21H17F3N4O4S3/c1-13-19(29)28(15-4-6-16(7-5-15)34-21(22,23)24)20(30)27(13)12-14-8-9-25-17(11-14)26-35(31,32)18-3-2-10-33-18/h2-11,29H,12H2,1H3,(H,25,26). The lowest BCUT2D eigenvalue weighted by atomic mass is 10.2. The van der Waals surface area contributed by atoms with Crippen LogP contribution in [-0.4, -0.2) is 33.2 Å². The Labute approximate surface area is 205 Å². The second kappa shape index (κ2) is 9.43. The van der Waals surface area contributed by atoms with Gasteiger partial charge >= 0.3 is 11.2 Å². The Hall–Kier alpha value is -3.23. The molecule has 35 heavy (non-hydrogen) atoms. The molecular formula is C21H17F3N4O4S3. The van der Waals surface area contributed by atoms with Gasteiger partial charge in [-0.05, 0) is 72.1 Å².